The Labute approximate surface area is 130 Å². The summed E-state index contributed by atoms with van der Waals surface area (Å²) in [7, 11) is 0. The van der Waals surface area contributed by atoms with E-state index in [0.717, 1.165) is 30.8 Å². The maximum atomic E-state index is 12.0. The number of hydrogen-bond donors (Lipinski definition) is 1. The highest BCUT2D eigenvalue weighted by molar-refractivity contribution is 5.76. The summed E-state index contributed by atoms with van der Waals surface area (Å²) in [6.45, 7) is 1.81. The van der Waals surface area contributed by atoms with Gasteiger partial charge in [-0.05, 0) is 12.0 Å². The molecule has 1 atom stereocenters. The maximum absolute atomic E-state index is 12.0. The van der Waals surface area contributed by atoms with Gasteiger partial charge in [0, 0.05) is 37.8 Å². The minimum Gasteiger partial charge on any atom is -0.376 e. The molecule has 0 saturated carbocycles. The van der Waals surface area contributed by atoms with Crippen LogP contribution < -0.4 is 5.32 Å². The Morgan fingerprint density at radius 2 is 2.23 bits per heavy atom. The van der Waals surface area contributed by atoms with E-state index in [9.17, 15) is 4.79 Å². The standard InChI is InChI=1S/C17H21N3O2/c21-17(8-11-22-13-14-4-2-1-3-5-14)19-15-6-7-16-18-9-10-20(16)12-15/h1-5,9-10,15H,6-8,11-13H2,(H,19,21). The maximum Gasteiger partial charge on any atom is 0.222 e. The molecular formula is C17H21N3O2. The number of aryl methyl sites for hydroxylation is 1. The first-order chi connectivity index (χ1) is 10.8. The number of hydrogen-bond acceptors (Lipinski definition) is 3. The molecule has 0 radical (unpaired) electrons. The van der Waals surface area contributed by atoms with E-state index in [1.807, 2.05) is 42.7 Å². The normalized spacial score (nSPS) is 17.0. The second-order valence-electron chi connectivity index (χ2n) is 5.59. The highest BCUT2D eigenvalue weighted by Crippen LogP contribution is 2.13. The van der Waals surface area contributed by atoms with Gasteiger partial charge >= 0.3 is 0 Å². The molecule has 1 aromatic carbocycles. The quantitative estimate of drug-likeness (QED) is 0.829. The zero-order valence-electron chi connectivity index (χ0n) is 12.6. The Hall–Kier alpha value is -2.14. The molecule has 1 unspecified atom stereocenters. The molecule has 1 N–H and O–H groups in total. The molecule has 1 amide bonds. The monoisotopic (exact) mass is 299 g/mol. The predicted octanol–water partition coefficient (Wildman–Crippen LogP) is 1.92. The zero-order valence-corrected chi connectivity index (χ0v) is 12.6. The van der Waals surface area contributed by atoms with Gasteiger partial charge in [-0.2, -0.15) is 0 Å². The summed E-state index contributed by atoms with van der Waals surface area (Å²) in [5.74, 6) is 1.17. The summed E-state index contributed by atoms with van der Waals surface area (Å²) in [5, 5.41) is 3.08. The molecule has 2 aromatic rings. The van der Waals surface area contributed by atoms with Gasteiger partial charge in [0.05, 0.1) is 13.2 Å². The van der Waals surface area contributed by atoms with Crippen LogP contribution in [0.2, 0.25) is 0 Å². The molecule has 1 aromatic heterocycles. The number of fused-ring (bicyclic) bond motifs is 1. The van der Waals surface area contributed by atoms with E-state index in [1.165, 1.54) is 0 Å². The first-order valence-electron chi connectivity index (χ1n) is 7.72. The van der Waals surface area contributed by atoms with Crippen LogP contribution in [-0.4, -0.2) is 28.1 Å². The average molecular weight is 299 g/mol. The fourth-order valence-electron chi connectivity index (χ4n) is 2.71. The first-order valence-corrected chi connectivity index (χ1v) is 7.72. The van der Waals surface area contributed by atoms with Gasteiger partial charge in [0.2, 0.25) is 5.91 Å². The second-order valence-corrected chi connectivity index (χ2v) is 5.59. The van der Waals surface area contributed by atoms with Crippen molar-refractivity contribution < 1.29 is 9.53 Å². The van der Waals surface area contributed by atoms with Gasteiger partial charge in [0.1, 0.15) is 5.82 Å². The largest absolute Gasteiger partial charge is 0.376 e. The number of carbonyl (C=O) groups is 1. The van der Waals surface area contributed by atoms with Crippen molar-refractivity contribution in [2.24, 2.45) is 0 Å². The number of benzene rings is 1. The lowest BCUT2D eigenvalue weighted by atomic mass is 10.1. The number of imidazole rings is 1. The fraction of sp³-hybridized carbons (Fsp3) is 0.412. The van der Waals surface area contributed by atoms with Crippen molar-refractivity contribution in [2.45, 2.75) is 38.5 Å². The van der Waals surface area contributed by atoms with Crippen molar-refractivity contribution in [1.29, 1.82) is 0 Å². The highest BCUT2D eigenvalue weighted by Gasteiger charge is 2.19. The molecule has 5 nitrogen and oxygen atoms in total. The molecule has 2 heterocycles. The summed E-state index contributed by atoms with van der Waals surface area (Å²) < 4.78 is 7.66. The van der Waals surface area contributed by atoms with Crippen molar-refractivity contribution in [3.05, 3.63) is 54.1 Å². The number of aromatic nitrogens is 2. The molecule has 3 rings (SSSR count). The summed E-state index contributed by atoms with van der Waals surface area (Å²) in [6, 6.07) is 10.2. The second kappa shape index (κ2) is 7.22. The van der Waals surface area contributed by atoms with Crippen LogP contribution >= 0.6 is 0 Å². The van der Waals surface area contributed by atoms with Crippen molar-refractivity contribution in [3.8, 4) is 0 Å². The van der Waals surface area contributed by atoms with Gasteiger partial charge in [-0.25, -0.2) is 4.98 Å². The van der Waals surface area contributed by atoms with Gasteiger partial charge in [-0.15, -0.1) is 0 Å². The van der Waals surface area contributed by atoms with Crippen molar-refractivity contribution in [3.63, 3.8) is 0 Å². The van der Waals surface area contributed by atoms with E-state index in [1.54, 1.807) is 0 Å². The lowest BCUT2D eigenvalue weighted by molar-refractivity contribution is -0.123. The molecule has 22 heavy (non-hydrogen) atoms. The van der Waals surface area contributed by atoms with Gasteiger partial charge in [-0.3, -0.25) is 4.79 Å². The molecule has 0 aliphatic carbocycles. The number of carbonyl (C=O) groups excluding carboxylic acids is 1. The molecule has 0 fully saturated rings. The predicted molar refractivity (Wildman–Crippen MR) is 83.2 cm³/mol. The molecule has 0 saturated heterocycles. The number of ether oxygens (including phenoxy) is 1. The zero-order chi connectivity index (χ0) is 15.2. The third kappa shape index (κ3) is 3.95. The van der Waals surface area contributed by atoms with Crippen LogP contribution in [-0.2, 0) is 29.1 Å². The lowest BCUT2D eigenvalue weighted by Crippen LogP contribution is -2.41. The van der Waals surface area contributed by atoms with Gasteiger partial charge in [-0.1, -0.05) is 30.3 Å². The average Bonchev–Trinajstić information content (AvgIpc) is 3.00. The SMILES string of the molecule is O=C(CCOCc1ccccc1)NC1CCc2nccn2C1. The molecular weight excluding hydrogens is 278 g/mol. The smallest absolute Gasteiger partial charge is 0.222 e. The van der Waals surface area contributed by atoms with Crippen molar-refractivity contribution in [2.75, 3.05) is 6.61 Å². The van der Waals surface area contributed by atoms with Gasteiger partial charge in [0.25, 0.3) is 0 Å². The fourth-order valence-corrected chi connectivity index (χ4v) is 2.71. The van der Waals surface area contributed by atoms with E-state index in [0.29, 0.717) is 19.6 Å². The van der Waals surface area contributed by atoms with Crippen LogP contribution in [0.25, 0.3) is 0 Å². The van der Waals surface area contributed by atoms with E-state index >= 15 is 0 Å². The Morgan fingerprint density at radius 1 is 1.36 bits per heavy atom. The van der Waals surface area contributed by atoms with Gasteiger partial charge in [0.15, 0.2) is 0 Å². The van der Waals surface area contributed by atoms with Crippen LogP contribution in [0.5, 0.6) is 0 Å². The highest BCUT2D eigenvalue weighted by atomic mass is 16.5. The van der Waals surface area contributed by atoms with E-state index in [2.05, 4.69) is 14.9 Å². The Bertz CT molecular complexity index is 609. The Balaban J connectivity index is 1.35. The lowest BCUT2D eigenvalue weighted by Gasteiger charge is -2.24. The van der Waals surface area contributed by atoms with Crippen LogP contribution in [0, 0.1) is 0 Å². The summed E-state index contributed by atoms with van der Waals surface area (Å²) in [6.07, 6.45) is 6.06. The molecule has 116 valence electrons. The number of rotatable bonds is 6. The Morgan fingerprint density at radius 3 is 3.09 bits per heavy atom. The molecule has 1 aliphatic rings. The van der Waals surface area contributed by atoms with Crippen molar-refractivity contribution >= 4 is 5.91 Å². The third-order valence-electron chi connectivity index (χ3n) is 3.89. The summed E-state index contributed by atoms with van der Waals surface area (Å²) in [5.41, 5.74) is 1.13. The van der Waals surface area contributed by atoms with Crippen LogP contribution in [0.4, 0.5) is 0 Å². The third-order valence-corrected chi connectivity index (χ3v) is 3.89. The molecule has 5 heteroatoms. The van der Waals surface area contributed by atoms with Crippen LogP contribution in [0.15, 0.2) is 42.7 Å². The van der Waals surface area contributed by atoms with E-state index < -0.39 is 0 Å². The minimum absolute atomic E-state index is 0.0571. The van der Waals surface area contributed by atoms with Crippen molar-refractivity contribution in [1.82, 2.24) is 14.9 Å². The van der Waals surface area contributed by atoms with Crippen LogP contribution in [0.3, 0.4) is 0 Å². The Kier molecular flexibility index (Phi) is 4.85. The first kappa shape index (κ1) is 14.8. The van der Waals surface area contributed by atoms with E-state index in [4.69, 9.17) is 4.74 Å². The van der Waals surface area contributed by atoms with E-state index in [-0.39, 0.29) is 11.9 Å². The topological polar surface area (TPSA) is 56.1 Å². The summed E-state index contributed by atoms with van der Waals surface area (Å²) in [4.78, 5) is 16.2. The van der Waals surface area contributed by atoms with Gasteiger partial charge < -0.3 is 14.6 Å². The number of nitrogens with zero attached hydrogens (tertiary/aromatic N) is 2. The molecule has 0 bridgehead atoms. The summed E-state index contributed by atoms with van der Waals surface area (Å²) >= 11 is 0. The van der Waals surface area contributed by atoms with Crippen LogP contribution in [0.1, 0.15) is 24.2 Å². The number of nitrogens with one attached hydrogen (secondary N) is 1. The molecule has 0 spiro atoms. The number of amides is 1. The molecule has 1 aliphatic heterocycles. The minimum atomic E-state index is 0.0571.